The third-order valence-corrected chi connectivity index (χ3v) is 4.38. The third kappa shape index (κ3) is 3.50. The highest BCUT2D eigenvalue weighted by molar-refractivity contribution is 6.03. The Morgan fingerprint density at radius 2 is 1.68 bits per heavy atom. The Kier molecular flexibility index (Phi) is 4.74. The molecule has 0 bridgehead atoms. The minimum Gasteiger partial charge on any atom is -0.497 e. The number of aryl methyl sites for hydroxylation is 1. The number of benzene rings is 2. The van der Waals surface area contributed by atoms with Gasteiger partial charge in [-0.3, -0.25) is 4.79 Å². The number of hydrazone groups is 1. The summed E-state index contributed by atoms with van der Waals surface area (Å²) in [6, 6.07) is 13.8. The van der Waals surface area contributed by atoms with Crippen LogP contribution in [-0.4, -0.2) is 30.8 Å². The molecule has 0 saturated heterocycles. The van der Waals surface area contributed by atoms with E-state index in [9.17, 15) is 4.79 Å². The standard InChI is InChI=1S/C20H22N2O3/c1-13-5-7-15(8-6-13)20-12-19(21-22(20)14(2)23)16-9-17(24-3)11-18(10-16)25-4/h5-11,20H,12H2,1-4H3/t20-/m0/s1. The van der Waals surface area contributed by atoms with Crippen molar-refractivity contribution < 1.29 is 14.3 Å². The molecule has 5 nitrogen and oxygen atoms in total. The van der Waals surface area contributed by atoms with Crippen LogP contribution in [0, 0.1) is 6.92 Å². The molecule has 25 heavy (non-hydrogen) atoms. The third-order valence-electron chi connectivity index (χ3n) is 4.38. The van der Waals surface area contributed by atoms with Crippen molar-refractivity contribution in [2.24, 2.45) is 5.10 Å². The molecule has 5 heteroatoms. The molecule has 0 saturated carbocycles. The summed E-state index contributed by atoms with van der Waals surface area (Å²) in [4.78, 5) is 12.1. The monoisotopic (exact) mass is 338 g/mol. The number of ether oxygens (including phenoxy) is 2. The van der Waals surface area contributed by atoms with Gasteiger partial charge in [0.05, 0.1) is 26.0 Å². The predicted octanol–water partition coefficient (Wildman–Crippen LogP) is 3.71. The Morgan fingerprint density at radius 1 is 1.08 bits per heavy atom. The van der Waals surface area contributed by atoms with Crippen LogP contribution in [0.25, 0.3) is 0 Å². The van der Waals surface area contributed by atoms with Crippen molar-refractivity contribution in [3.63, 3.8) is 0 Å². The molecule has 130 valence electrons. The van der Waals surface area contributed by atoms with E-state index in [1.165, 1.54) is 5.56 Å². The smallest absolute Gasteiger partial charge is 0.240 e. The van der Waals surface area contributed by atoms with Crippen molar-refractivity contribution in [2.75, 3.05) is 14.2 Å². The fourth-order valence-electron chi connectivity index (χ4n) is 3.00. The minimum atomic E-state index is -0.0923. The molecule has 0 spiro atoms. The van der Waals surface area contributed by atoms with Gasteiger partial charge in [0.15, 0.2) is 0 Å². The topological polar surface area (TPSA) is 51.1 Å². The van der Waals surface area contributed by atoms with Crippen LogP contribution in [0.2, 0.25) is 0 Å². The molecule has 0 radical (unpaired) electrons. The molecule has 0 aliphatic carbocycles. The number of carbonyl (C=O) groups excluding carboxylic acids is 1. The summed E-state index contributed by atoms with van der Waals surface area (Å²) in [5, 5.41) is 6.14. The van der Waals surface area contributed by atoms with Crippen molar-refractivity contribution in [3.05, 3.63) is 59.2 Å². The van der Waals surface area contributed by atoms with E-state index in [1.54, 1.807) is 26.2 Å². The second-order valence-electron chi connectivity index (χ2n) is 6.14. The van der Waals surface area contributed by atoms with Gasteiger partial charge in [-0.05, 0) is 24.6 Å². The van der Waals surface area contributed by atoms with E-state index in [-0.39, 0.29) is 11.9 Å². The summed E-state index contributed by atoms with van der Waals surface area (Å²) in [5.41, 5.74) is 4.01. The van der Waals surface area contributed by atoms with E-state index in [2.05, 4.69) is 29.4 Å². The quantitative estimate of drug-likeness (QED) is 0.854. The van der Waals surface area contributed by atoms with E-state index in [0.717, 1.165) is 16.8 Å². The maximum absolute atomic E-state index is 12.1. The lowest BCUT2D eigenvalue weighted by atomic mass is 9.97. The largest absolute Gasteiger partial charge is 0.497 e. The molecule has 2 aromatic carbocycles. The van der Waals surface area contributed by atoms with Crippen LogP contribution in [0.4, 0.5) is 0 Å². The fourth-order valence-corrected chi connectivity index (χ4v) is 3.00. The Labute approximate surface area is 147 Å². The highest BCUT2D eigenvalue weighted by atomic mass is 16.5. The summed E-state index contributed by atoms with van der Waals surface area (Å²) >= 11 is 0. The Balaban J connectivity index is 1.97. The van der Waals surface area contributed by atoms with Crippen LogP contribution in [0.5, 0.6) is 11.5 Å². The molecule has 0 unspecified atom stereocenters. The van der Waals surface area contributed by atoms with Gasteiger partial charge in [0, 0.05) is 25.0 Å². The van der Waals surface area contributed by atoms with Crippen molar-refractivity contribution >= 4 is 11.6 Å². The molecular weight excluding hydrogens is 316 g/mol. The first-order chi connectivity index (χ1) is 12.0. The average molecular weight is 338 g/mol. The average Bonchev–Trinajstić information content (AvgIpc) is 3.07. The summed E-state index contributed by atoms with van der Waals surface area (Å²) in [6.45, 7) is 3.59. The van der Waals surface area contributed by atoms with Gasteiger partial charge in [-0.25, -0.2) is 5.01 Å². The molecule has 1 heterocycles. The molecule has 1 aliphatic rings. The van der Waals surface area contributed by atoms with Crippen LogP contribution in [-0.2, 0) is 4.79 Å². The van der Waals surface area contributed by atoms with Gasteiger partial charge in [0.25, 0.3) is 0 Å². The maximum atomic E-state index is 12.1. The second kappa shape index (κ2) is 6.97. The van der Waals surface area contributed by atoms with Crippen molar-refractivity contribution in [1.29, 1.82) is 0 Å². The number of rotatable bonds is 4. The van der Waals surface area contributed by atoms with Gasteiger partial charge in [0.1, 0.15) is 11.5 Å². The molecule has 2 aromatic rings. The van der Waals surface area contributed by atoms with E-state index < -0.39 is 0 Å². The lowest BCUT2D eigenvalue weighted by Crippen LogP contribution is -2.24. The van der Waals surface area contributed by atoms with E-state index in [4.69, 9.17) is 9.47 Å². The number of methoxy groups -OCH3 is 2. The molecule has 1 aliphatic heterocycles. The molecular formula is C20H22N2O3. The molecule has 1 amide bonds. The first-order valence-electron chi connectivity index (χ1n) is 8.19. The molecule has 0 N–H and O–H groups in total. The van der Waals surface area contributed by atoms with Gasteiger partial charge in [-0.15, -0.1) is 0 Å². The van der Waals surface area contributed by atoms with Crippen LogP contribution in [0.3, 0.4) is 0 Å². The van der Waals surface area contributed by atoms with Gasteiger partial charge < -0.3 is 9.47 Å². The molecule has 3 rings (SSSR count). The summed E-state index contributed by atoms with van der Waals surface area (Å²) in [6.07, 6.45) is 0.652. The zero-order valence-corrected chi connectivity index (χ0v) is 14.9. The predicted molar refractivity (Wildman–Crippen MR) is 97.1 cm³/mol. The zero-order valence-electron chi connectivity index (χ0n) is 14.9. The number of nitrogens with zero attached hydrogens (tertiary/aromatic N) is 2. The van der Waals surface area contributed by atoms with E-state index >= 15 is 0 Å². The lowest BCUT2D eigenvalue weighted by Gasteiger charge is -2.20. The summed E-state index contributed by atoms with van der Waals surface area (Å²) < 4.78 is 10.7. The second-order valence-corrected chi connectivity index (χ2v) is 6.14. The first kappa shape index (κ1) is 17.0. The highest BCUT2D eigenvalue weighted by Gasteiger charge is 2.31. The summed E-state index contributed by atoms with van der Waals surface area (Å²) in [7, 11) is 3.23. The van der Waals surface area contributed by atoms with Gasteiger partial charge in [-0.1, -0.05) is 29.8 Å². The zero-order chi connectivity index (χ0) is 18.0. The van der Waals surface area contributed by atoms with Crippen LogP contribution in [0.15, 0.2) is 47.6 Å². The number of amides is 1. The first-order valence-corrected chi connectivity index (χ1v) is 8.19. The summed E-state index contributed by atoms with van der Waals surface area (Å²) in [5.74, 6) is 1.32. The minimum absolute atomic E-state index is 0.0737. The number of hydrogen-bond donors (Lipinski definition) is 0. The Bertz CT molecular complexity index is 790. The van der Waals surface area contributed by atoms with Crippen molar-refractivity contribution in [1.82, 2.24) is 5.01 Å². The van der Waals surface area contributed by atoms with Crippen molar-refractivity contribution in [3.8, 4) is 11.5 Å². The number of carbonyl (C=O) groups is 1. The SMILES string of the molecule is COc1cc(OC)cc(C2=NN(C(C)=O)[C@H](c3ccc(C)cc3)C2)c1. The van der Waals surface area contributed by atoms with Gasteiger partial charge in [-0.2, -0.15) is 5.10 Å². The van der Waals surface area contributed by atoms with E-state index in [0.29, 0.717) is 17.9 Å². The van der Waals surface area contributed by atoms with Crippen LogP contribution >= 0.6 is 0 Å². The van der Waals surface area contributed by atoms with Gasteiger partial charge in [0.2, 0.25) is 5.91 Å². The lowest BCUT2D eigenvalue weighted by molar-refractivity contribution is -0.130. The normalized spacial score (nSPS) is 16.6. The fraction of sp³-hybridized carbons (Fsp3) is 0.300. The van der Waals surface area contributed by atoms with Crippen LogP contribution in [0.1, 0.15) is 36.1 Å². The molecule has 0 aromatic heterocycles. The van der Waals surface area contributed by atoms with E-state index in [1.807, 2.05) is 25.1 Å². The number of hydrogen-bond acceptors (Lipinski definition) is 4. The Hall–Kier alpha value is -2.82. The maximum Gasteiger partial charge on any atom is 0.240 e. The van der Waals surface area contributed by atoms with Gasteiger partial charge >= 0.3 is 0 Å². The molecule has 0 fully saturated rings. The highest BCUT2D eigenvalue weighted by Crippen LogP contribution is 2.34. The van der Waals surface area contributed by atoms with Crippen molar-refractivity contribution in [2.45, 2.75) is 26.3 Å². The van der Waals surface area contributed by atoms with Crippen LogP contribution < -0.4 is 9.47 Å². The molecule has 1 atom stereocenters. The Morgan fingerprint density at radius 3 is 2.20 bits per heavy atom.